The van der Waals surface area contributed by atoms with Crippen LogP contribution in [0.2, 0.25) is 0 Å². The second kappa shape index (κ2) is 12.4. The van der Waals surface area contributed by atoms with E-state index in [4.69, 9.17) is 0 Å². The summed E-state index contributed by atoms with van der Waals surface area (Å²) in [6.07, 6.45) is 3.02. The van der Waals surface area contributed by atoms with Crippen molar-refractivity contribution in [2.45, 2.75) is 45.7 Å². The van der Waals surface area contributed by atoms with Crippen LogP contribution in [0.15, 0.2) is 97.1 Å². The highest BCUT2D eigenvalue weighted by atomic mass is 32.1. The van der Waals surface area contributed by atoms with Gasteiger partial charge >= 0.3 is 0 Å². The predicted octanol–water partition coefficient (Wildman–Crippen LogP) is 8.15. The molecule has 0 fully saturated rings. The highest BCUT2D eigenvalue weighted by Crippen LogP contribution is 2.38. The van der Waals surface area contributed by atoms with Crippen LogP contribution in [0.1, 0.15) is 38.4 Å². The van der Waals surface area contributed by atoms with E-state index in [1.54, 1.807) is 0 Å². The molecule has 0 amide bonds. The monoisotopic (exact) mass is 658 g/mol. The minimum Gasteiger partial charge on any atom is -0.392 e. The van der Waals surface area contributed by atoms with Crippen molar-refractivity contribution >= 4 is 66.3 Å². The van der Waals surface area contributed by atoms with Crippen molar-refractivity contribution < 1.29 is 20.4 Å². The van der Waals surface area contributed by atoms with Crippen LogP contribution in [-0.4, -0.2) is 29.6 Å². The van der Waals surface area contributed by atoms with E-state index in [2.05, 4.69) is 81.9 Å². The second-order valence-corrected chi connectivity index (χ2v) is 14.3. The van der Waals surface area contributed by atoms with Gasteiger partial charge in [-0.25, -0.2) is 0 Å². The van der Waals surface area contributed by atoms with Crippen LogP contribution in [0.25, 0.3) is 53.6 Å². The Kier molecular flexibility index (Phi) is 7.93. The third-order valence-electron chi connectivity index (χ3n) is 9.10. The first-order valence-electron chi connectivity index (χ1n) is 15.8. The molecule has 236 valence electrons. The van der Waals surface area contributed by atoms with Crippen molar-refractivity contribution in [3.05, 3.63) is 129 Å². The smallest absolute Gasteiger partial charge is 0.100 e. The third kappa shape index (κ3) is 5.27. The third-order valence-corrected chi connectivity index (χ3v) is 11.4. The van der Waals surface area contributed by atoms with Crippen molar-refractivity contribution in [3.8, 4) is 10.0 Å². The van der Waals surface area contributed by atoms with Crippen molar-refractivity contribution in [2.75, 3.05) is 0 Å². The Labute approximate surface area is 279 Å². The van der Waals surface area contributed by atoms with E-state index in [0.29, 0.717) is 0 Å². The fraction of sp³-hybridized carbons (Fsp3) is 0.179. The van der Waals surface area contributed by atoms with Crippen LogP contribution in [0.4, 0.5) is 0 Å². The lowest BCUT2D eigenvalue weighted by atomic mass is 10.1. The molecule has 0 bridgehead atoms. The van der Waals surface area contributed by atoms with Gasteiger partial charge in [-0.2, -0.15) is 0 Å². The maximum atomic E-state index is 9.77. The first-order chi connectivity index (χ1) is 23.1. The minimum atomic E-state index is -0.00720. The second-order valence-electron chi connectivity index (χ2n) is 12.0. The highest BCUT2D eigenvalue weighted by molar-refractivity contribution is 7.15. The molecule has 4 aromatic carbocycles. The number of aryl methyl sites for hydroxylation is 2. The normalized spacial score (nSPS) is 12.0. The summed E-state index contributed by atoms with van der Waals surface area (Å²) in [4.78, 5) is 2.68. The highest BCUT2D eigenvalue weighted by Gasteiger charge is 2.17. The molecule has 47 heavy (non-hydrogen) atoms. The number of hydrogen-bond acceptors (Lipinski definition) is 6. The Morgan fingerprint density at radius 3 is 1.02 bits per heavy atom. The van der Waals surface area contributed by atoms with Crippen LogP contribution in [0.5, 0.6) is 0 Å². The molecule has 8 aromatic rings. The number of aliphatic hydroxyl groups is 4. The minimum absolute atomic E-state index is 0.00720. The number of aromatic nitrogens is 2. The van der Waals surface area contributed by atoms with Crippen LogP contribution >= 0.6 is 22.7 Å². The maximum absolute atomic E-state index is 9.77. The zero-order chi connectivity index (χ0) is 32.1. The van der Waals surface area contributed by atoms with Gasteiger partial charge in [-0.05, 0) is 114 Å². The largest absolute Gasteiger partial charge is 0.392 e. The summed E-state index contributed by atoms with van der Waals surface area (Å²) in [5, 5.41) is 45.7. The van der Waals surface area contributed by atoms with Crippen molar-refractivity contribution in [1.29, 1.82) is 0 Å². The molecule has 0 saturated heterocycles. The molecule has 6 nitrogen and oxygen atoms in total. The van der Waals surface area contributed by atoms with E-state index in [0.717, 1.165) is 95.1 Å². The molecule has 4 heterocycles. The standard InChI is InChI=1S/C39H34N2O4S2/c42-20-24-4-10-34-30(16-24)31-17-25(21-43)5-11-35(31)40(34)38-14-8-28(46-38)2-1-3-29-9-15-39(47-29)41-36-12-6-26(22-44)18-32(36)33-19-27(23-45)7-13-37(33)41/h4-19,42-45H,1-3,20-23H2. The van der Waals surface area contributed by atoms with Gasteiger partial charge in [-0.3, -0.25) is 0 Å². The zero-order valence-corrected chi connectivity index (χ0v) is 27.3. The summed E-state index contributed by atoms with van der Waals surface area (Å²) in [5.41, 5.74) is 7.88. The fourth-order valence-electron chi connectivity index (χ4n) is 6.78. The molecule has 0 saturated carbocycles. The number of rotatable bonds is 10. The van der Waals surface area contributed by atoms with E-state index in [1.165, 1.54) is 9.75 Å². The number of thiophene rings is 2. The van der Waals surface area contributed by atoms with Gasteiger partial charge in [0.05, 0.1) is 48.5 Å². The Morgan fingerprint density at radius 1 is 0.404 bits per heavy atom. The first kappa shape index (κ1) is 30.1. The molecule has 0 aliphatic heterocycles. The molecule has 0 spiro atoms. The van der Waals surface area contributed by atoms with Crippen LogP contribution in [0.3, 0.4) is 0 Å². The lowest BCUT2D eigenvalue weighted by molar-refractivity contribution is 0.281. The zero-order valence-electron chi connectivity index (χ0n) is 25.7. The molecular formula is C39H34N2O4S2. The van der Waals surface area contributed by atoms with E-state index in [-0.39, 0.29) is 26.4 Å². The Hall–Kier alpha value is -4.28. The van der Waals surface area contributed by atoms with Gasteiger partial charge in [0.25, 0.3) is 0 Å². The Bertz CT molecular complexity index is 2120. The number of aliphatic hydroxyl groups excluding tert-OH is 4. The average molecular weight is 659 g/mol. The van der Waals surface area contributed by atoms with E-state index >= 15 is 0 Å². The van der Waals surface area contributed by atoms with Gasteiger partial charge in [-0.15, -0.1) is 22.7 Å². The topological polar surface area (TPSA) is 90.8 Å². The molecule has 0 atom stereocenters. The van der Waals surface area contributed by atoms with Crippen molar-refractivity contribution in [1.82, 2.24) is 9.13 Å². The maximum Gasteiger partial charge on any atom is 0.100 e. The molecule has 0 aliphatic rings. The molecular weight excluding hydrogens is 625 g/mol. The van der Waals surface area contributed by atoms with Gasteiger partial charge in [0.1, 0.15) is 10.0 Å². The predicted molar refractivity (Wildman–Crippen MR) is 193 cm³/mol. The average Bonchev–Trinajstić information content (AvgIpc) is 3.90. The first-order valence-corrected chi connectivity index (χ1v) is 17.5. The summed E-state index contributed by atoms with van der Waals surface area (Å²) in [7, 11) is 0. The molecule has 8 rings (SSSR count). The molecule has 0 unspecified atom stereocenters. The van der Waals surface area contributed by atoms with Crippen LogP contribution in [-0.2, 0) is 39.3 Å². The van der Waals surface area contributed by atoms with Gasteiger partial charge in [-0.1, -0.05) is 24.3 Å². The summed E-state index contributed by atoms with van der Waals surface area (Å²) in [6, 6.07) is 33.3. The number of benzene rings is 4. The molecule has 4 aromatic heterocycles. The molecule has 0 radical (unpaired) electrons. The number of hydrogen-bond donors (Lipinski definition) is 4. The summed E-state index contributed by atoms with van der Waals surface area (Å²) < 4.78 is 4.59. The quantitative estimate of drug-likeness (QED) is 0.119. The molecule has 4 N–H and O–H groups in total. The van der Waals surface area contributed by atoms with Crippen LogP contribution < -0.4 is 0 Å². The summed E-state index contributed by atoms with van der Waals surface area (Å²) in [5.74, 6) is 0. The number of nitrogens with zero attached hydrogens (tertiary/aromatic N) is 2. The van der Waals surface area contributed by atoms with Crippen LogP contribution in [0, 0.1) is 0 Å². The van der Waals surface area contributed by atoms with Gasteiger partial charge in [0.2, 0.25) is 0 Å². The van der Waals surface area contributed by atoms with Gasteiger partial charge < -0.3 is 29.6 Å². The van der Waals surface area contributed by atoms with Crippen molar-refractivity contribution in [3.63, 3.8) is 0 Å². The lowest BCUT2D eigenvalue weighted by Crippen LogP contribution is -1.91. The van der Waals surface area contributed by atoms with E-state index in [1.807, 2.05) is 46.9 Å². The van der Waals surface area contributed by atoms with Gasteiger partial charge in [0, 0.05) is 31.3 Å². The van der Waals surface area contributed by atoms with Gasteiger partial charge in [0.15, 0.2) is 0 Å². The molecule has 0 aliphatic carbocycles. The Morgan fingerprint density at radius 2 is 0.723 bits per heavy atom. The SMILES string of the molecule is OCc1ccc2c(c1)c1cc(CO)ccc1n2-c1ccc(CCCc2ccc(-n3c4ccc(CO)cc4c4cc(CO)ccc43)s2)s1. The molecule has 8 heteroatoms. The fourth-order valence-corrected chi connectivity index (χ4v) is 8.93. The lowest BCUT2D eigenvalue weighted by Gasteiger charge is -2.05. The van der Waals surface area contributed by atoms with Crippen molar-refractivity contribution in [2.24, 2.45) is 0 Å². The Balaban J connectivity index is 1.05. The van der Waals surface area contributed by atoms with E-state index < -0.39 is 0 Å². The summed E-state index contributed by atoms with van der Waals surface area (Å²) >= 11 is 3.63. The summed E-state index contributed by atoms with van der Waals surface area (Å²) in [6.45, 7) is -0.0288. The number of fused-ring (bicyclic) bond motifs is 6. The van der Waals surface area contributed by atoms with E-state index in [9.17, 15) is 20.4 Å².